The van der Waals surface area contributed by atoms with E-state index in [0.717, 1.165) is 5.69 Å². The Hall–Kier alpha value is -3.41. The van der Waals surface area contributed by atoms with Crippen molar-refractivity contribution in [1.82, 2.24) is 0 Å². The monoisotopic (exact) mass is 383 g/mol. The third-order valence-corrected chi connectivity index (χ3v) is 4.00. The van der Waals surface area contributed by atoms with Gasteiger partial charge in [0.15, 0.2) is 0 Å². The van der Waals surface area contributed by atoms with Crippen molar-refractivity contribution in [2.24, 2.45) is 0 Å². The summed E-state index contributed by atoms with van der Waals surface area (Å²) in [6.45, 7) is 2.34. The molecule has 0 saturated carbocycles. The molecule has 3 rings (SSSR count). The topological polar surface area (TPSA) is 38.8 Å². The number of anilines is 1. The minimum absolute atomic E-state index is 0.0616. The van der Waals surface area contributed by atoms with E-state index >= 15 is 0 Å². The van der Waals surface area contributed by atoms with Crippen molar-refractivity contribution in [3.8, 4) is 17.2 Å². The lowest BCUT2D eigenvalue weighted by atomic mass is 10.2. The second kappa shape index (κ2) is 8.99. The van der Waals surface area contributed by atoms with Gasteiger partial charge in [-0.1, -0.05) is 18.2 Å². The molecular weight excluding hydrogens is 364 g/mol. The summed E-state index contributed by atoms with van der Waals surface area (Å²) >= 11 is 0. The van der Waals surface area contributed by atoms with Crippen LogP contribution in [0, 0.1) is 0 Å². The van der Waals surface area contributed by atoms with Gasteiger partial charge in [-0.05, 0) is 67.6 Å². The van der Waals surface area contributed by atoms with E-state index in [-0.39, 0.29) is 5.56 Å². The molecule has 0 N–H and O–H groups in total. The third-order valence-electron chi connectivity index (χ3n) is 4.00. The van der Waals surface area contributed by atoms with Gasteiger partial charge >= 0.3 is 6.09 Å². The molecule has 0 bridgehead atoms. The number of amides is 1. The summed E-state index contributed by atoms with van der Waals surface area (Å²) in [7, 11) is 0. The summed E-state index contributed by atoms with van der Waals surface area (Å²) in [5, 5.41) is 0. The van der Waals surface area contributed by atoms with E-state index in [4.69, 9.17) is 9.47 Å². The van der Waals surface area contributed by atoms with Crippen LogP contribution >= 0.6 is 0 Å². The van der Waals surface area contributed by atoms with Crippen LogP contribution in [-0.2, 0) is 0 Å². The summed E-state index contributed by atoms with van der Waals surface area (Å²) in [6, 6.07) is 21.4. The van der Waals surface area contributed by atoms with Crippen molar-refractivity contribution in [3.63, 3.8) is 0 Å². The average molecular weight is 383 g/mol. The highest BCUT2D eigenvalue weighted by Crippen LogP contribution is 2.27. The quantitative estimate of drug-likeness (QED) is 0.491. The lowest BCUT2D eigenvalue weighted by molar-refractivity contribution is 0.151. The van der Waals surface area contributed by atoms with E-state index in [9.17, 15) is 13.6 Å². The molecule has 0 aromatic heterocycles. The zero-order valence-corrected chi connectivity index (χ0v) is 15.2. The summed E-state index contributed by atoms with van der Waals surface area (Å²) in [5.41, 5.74) is 0.690. The highest BCUT2D eigenvalue weighted by atomic mass is 19.3. The number of nitrogens with zero attached hydrogens (tertiary/aromatic N) is 1. The first-order valence-electron chi connectivity index (χ1n) is 8.77. The summed E-state index contributed by atoms with van der Waals surface area (Å²) < 4.78 is 36.2. The Morgan fingerprint density at radius 3 is 1.93 bits per heavy atom. The van der Waals surface area contributed by atoms with Crippen molar-refractivity contribution in [2.45, 2.75) is 13.3 Å². The minimum atomic E-state index is -2.51. The van der Waals surface area contributed by atoms with Gasteiger partial charge in [-0.3, -0.25) is 4.90 Å². The van der Waals surface area contributed by atoms with Gasteiger partial charge in [0, 0.05) is 17.8 Å². The maximum atomic E-state index is 12.6. The van der Waals surface area contributed by atoms with Crippen LogP contribution in [0.25, 0.3) is 0 Å². The Bertz CT molecular complexity index is 897. The number of alkyl halides is 2. The molecule has 0 spiro atoms. The summed E-state index contributed by atoms with van der Waals surface area (Å²) in [4.78, 5) is 13.9. The molecule has 0 atom stereocenters. The summed E-state index contributed by atoms with van der Waals surface area (Å²) in [5.74, 6) is 1.31. The molecule has 0 aliphatic rings. The van der Waals surface area contributed by atoms with E-state index in [1.165, 1.54) is 29.2 Å². The average Bonchev–Trinajstić information content (AvgIpc) is 2.71. The molecule has 0 heterocycles. The molecule has 0 unspecified atom stereocenters. The van der Waals surface area contributed by atoms with Crippen LogP contribution in [0.4, 0.5) is 19.3 Å². The molecule has 6 heteroatoms. The van der Waals surface area contributed by atoms with E-state index in [1.807, 2.05) is 37.3 Å². The number of benzene rings is 3. The van der Waals surface area contributed by atoms with E-state index in [0.29, 0.717) is 23.8 Å². The first-order valence-corrected chi connectivity index (χ1v) is 8.77. The number of halogens is 2. The summed E-state index contributed by atoms with van der Waals surface area (Å²) in [6.07, 6.45) is -2.99. The van der Waals surface area contributed by atoms with Crippen molar-refractivity contribution in [2.75, 3.05) is 11.4 Å². The second-order valence-electron chi connectivity index (χ2n) is 5.89. The molecule has 0 fully saturated rings. The fourth-order valence-electron chi connectivity index (χ4n) is 2.57. The Labute approximate surface area is 161 Å². The molecule has 0 radical (unpaired) electrons. The predicted molar refractivity (Wildman–Crippen MR) is 103 cm³/mol. The Morgan fingerprint density at radius 2 is 1.39 bits per heavy atom. The predicted octanol–water partition coefficient (Wildman–Crippen LogP) is 6.44. The molecule has 28 heavy (non-hydrogen) atoms. The molecule has 3 aromatic carbocycles. The minimum Gasteiger partial charge on any atom is -0.457 e. The molecule has 1 amide bonds. The van der Waals surface area contributed by atoms with Crippen molar-refractivity contribution in [1.29, 1.82) is 0 Å². The molecule has 4 nitrogen and oxygen atoms in total. The number of carbonyl (C=O) groups excluding carboxylic acids is 1. The fourth-order valence-corrected chi connectivity index (χ4v) is 2.57. The van der Waals surface area contributed by atoms with Crippen molar-refractivity contribution < 1.29 is 23.0 Å². The first-order chi connectivity index (χ1) is 13.6. The zero-order chi connectivity index (χ0) is 19.9. The molecule has 3 aromatic rings. The lowest BCUT2D eigenvalue weighted by Gasteiger charge is -2.20. The van der Waals surface area contributed by atoms with Crippen LogP contribution in [0.3, 0.4) is 0 Å². The van der Waals surface area contributed by atoms with Gasteiger partial charge in [0.25, 0.3) is 6.43 Å². The highest BCUT2D eigenvalue weighted by molar-refractivity contribution is 5.89. The number of ether oxygens (including phenoxy) is 2. The van der Waals surface area contributed by atoms with Crippen LogP contribution in [0.2, 0.25) is 0 Å². The SMILES string of the molecule is CCN(C(=O)Oc1ccc(Oc2ccc(C(F)F)cc2)cc1)c1ccccc1. The maximum absolute atomic E-state index is 12.6. The lowest BCUT2D eigenvalue weighted by Crippen LogP contribution is -2.33. The standard InChI is InChI=1S/C22H19F2NO3/c1-2-25(17-6-4-3-5-7-17)22(26)28-20-14-12-19(13-15-20)27-18-10-8-16(9-11-18)21(23)24/h3-15,21H,2H2,1H3. The number of para-hydroxylation sites is 1. The number of rotatable bonds is 6. The molecular formula is C22H19F2NO3. The van der Waals surface area contributed by atoms with Gasteiger partial charge in [0.05, 0.1) is 0 Å². The Balaban J connectivity index is 1.63. The van der Waals surface area contributed by atoms with Gasteiger partial charge in [-0.2, -0.15) is 0 Å². The van der Waals surface area contributed by atoms with Gasteiger partial charge in [0.2, 0.25) is 0 Å². The van der Waals surface area contributed by atoms with E-state index in [1.54, 1.807) is 24.3 Å². The van der Waals surface area contributed by atoms with Gasteiger partial charge < -0.3 is 9.47 Å². The maximum Gasteiger partial charge on any atom is 0.419 e. The smallest absolute Gasteiger partial charge is 0.419 e. The second-order valence-corrected chi connectivity index (χ2v) is 5.89. The fraction of sp³-hybridized carbons (Fsp3) is 0.136. The molecule has 144 valence electrons. The number of hydrogen-bond donors (Lipinski definition) is 0. The Kier molecular flexibility index (Phi) is 6.22. The molecule has 0 aliphatic carbocycles. The normalized spacial score (nSPS) is 10.6. The Morgan fingerprint density at radius 1 is 0.857 bits per heavy atom. The van der Waals surface area contributed by atoms with Crippen LogP contribution in [0.15, 0.2) is 78.9 Å². The van der Waals surface area contributed by atoms with Crippen LogP contribution < -0.4 is 14.4 Å². The number of carbonyl (C=O) groups is 1. The van der Waals surface area contributed by atoms with Gasteiger partial charge in [0.1, 0.15) is 17.2 Å². The zero-order valence-electron chi connectivity index (χ0n) is 15.2. The highest BCUT2D eigenvalue weighted by Gasteiger charge is 2.16. The largest absolute Gasteiger partial charge is 0.457 e. The van der Waals surface area contributed by atoms with E-state index < -0.39 is 12.5 Å². The van der Waals surface area contributed by atoms with Crippen LogP contribution in [0.5, 0.6) is 17.2 Å². The van der Waals surface area contributed by atoms with Crippen molar-refractivity contribution >= 4 is 11.8 Å². The van der Waals surface area contributed by atoms with Crippen molar-refractivity contribution in [3.05, 3.63) is 84.4 Å². The van der Waals surface area contributed by atoms with Gasteiger partial charge in [-0.25, -0.2) is 13.6 Å². The third kappa shape index (κ3) is 4.85. The molecule has 0 aliphatic heterocycles. The molecule has 0 saturated heterocycles. The number of hydrogen-bond acceptors (Lipinski definition) is 3. The van der Waals surface area contributed by atoms with E-state index in [2.05, 4.69) is 0 Å². The van der Waals surface area contributed by atoms with Crippen LogP contribution in [0.1, 0.15) is 18.9 Å². The van der Waals surface area contributed by atoms with Gasteiger partial charge in [-0.15, -0.1) is 0 Å². The first kappa shape index (κ1) is 19.4. The van der Waals surface area contributed by atoms with Crippen LogP contribution in [-0.4, -0.2) is 12.6 Å².